The molecule has 0 atom stereocenters. The first-order valence-electron chi connectivity index (χ1n) is 7.34. The smallest absolute Gasteiger partial charge is 0.255 e. The highest BCUT2D eigenvalue weighted by atomic mass is 19.1. The Kier molecular flexibility index (Phi) is 4.98. The SMILES string of the molecule is CCN(CCO)C(=O)c1cc(C)n(-c2ccc(F)cc2)c1C. The molecule has 5 heteroatoms. The number of amides is 1. The fraction of sp³-hybridized carbons (Fsp3) is 0.353. The van der Waals surface area contributed by atoms with Crippen LogP contribution in [0.25, 0.3) is 5.69 Å². The van der Waals surface area contributed by atoms with E-state index in [1.807, 2.05) is 31.4 Å². The van der Waals surface area contributed by atoms with Gasteiger partial charge in [0.05, 0.1) is 12.2 Å². The lowest BCUT2D eigenvalue weighted by Gasteiger charge is -2.19. The van der Waals surface area contributed by atoms with Gasteiger partial charge in [0, 0.05) is 30.2 Å². The molecule has 0 aliphatic heterocycles. The van der Waals surface area contributed by atoms with Crippen LogP contribution in [0.1, 0.15) is 28.7 Å². The van der Waals surface area contributed by atoms with Gasteiger partial charge in [-0.1, -0.05) is 0 Å². The van der Waals surface area contributed by atoms with E-state index in [2.05, 4.69) is 0 Å². The minimum absolute atomic E-state index is 0.0592. The normalized spacial score (nSPS) is 10.8. The molecule has 1 amide bonds. The Labute approximate surface area is 129 Å². The highest BCUT2D eigenvalue weighted by Gasteiger charge is 2.20. The molecule has 0 aliphatic rings. The van der Waals surface area contributed by atoms with Gasteiger partial charge in [0.2, 0.25) is 0 Å². The second-order valence-corrected chi connectivity index (χ2v) is 5.21. The van der Waals surface area contributed by atoms with E-state index in [4.69, 9.17) is 5.11 Å². The van der Waals surface area contributed by atoms with Gasteiger partial charge >= 0.3 is 0 Å². The van der Waals surface area contributed by atoms with Crippen LogP contribution < -0.4 is 0 Å². The van der Waals surface area contributed by atoms with Crippen molar-refractivity contribution in [2.45, 2.75) is 20.8 Å². The standard InChI is InChI=1S/C17H21FN2O2/c1-4-19(9-10-21)17(22)16-11-12(2)20(13(16)3)15-7-5-14(18)6-8-15/h5-8,11,21H,4,9-10H2,1-3H3. The molecular formula is C17H21FN2O2. The summed E-state index contributed by atoms with van der Waals surface area (Å²) in [6, 6.07) is 8.02. The number of likely N-dealkylation sites (N-methyl/N-ethyl adjacent to an activating group) is 1. The Morgan fingerprint density at radius 2 is 1.91 bits per heavy atom. The number of hydrogen-bond acceptors (Lipinski definition) is 2. The summed E-state index contributed by atoms with van der Waals surface area (Å²) in [5.74, 6) is -0.388. The molecule has 0 saturated carbocycles. The Morgan fingerprint density at radius 1 is 1.27 bits per heavy atom. The number of carbonyl (C=O) groups excluding carboxylic acids is 1. The molecule has 1 N–H and O–H groups in total. The van der Waals surface area contributed by atoms with Crippen molar-refractivity contribution in [3.8, 4) is 5.69 Å². The van der Waals surface area contributed by atoms with Gasteiger partial charge in [0.25, 0.3) is 5.91 Å². The van der Waals surface area contributed by atoms with Crippen LogP contribution in [0.15, 0.2) is 30.3 Å². The zero-order valence-corrected chi connectivity index (χ0v) is 13.1. The van der Waals surface area contributed by atoms with Gasteiger partial charge in [-0.25, -0.2) is 4.39 Å². The minimum Gasteiger partial charge on any atom is -0.395 e. The maximum Gasteiger partial charge on any atom is 0.255 e. The van der Waals surface area contributed by atoms with E-state index in [0.29, 0.717) is 18.7 Å². The first kappa shape index (κ1) is 16.2. The molecule has 1 heterocycles. The van der Waals surface area contributed by atoms with Crippen LogP contribution in [-0.4, -0.2) is 40.2 Å². The van der Waals surface area contributed by atoms with Crippen molar-refractivity contribution in [1.82, 2.24) is 9.47 Å². The summed E-state index contributed by atoms with van der Waals surface area (Å²) < 4.78 is 15.0. The molecule has 0 fully saturated rings. The maximum absolute atomic E-state index is 13.1. The number of benzene rings is 1. The summed E-state index contributed by atoms with van der Waals surface area (Å²) in [5.41, 5.74) is 3.15. The molecule has 1 aromatic heterocycles. The van der Waals surface area contributed by atoms with E-state index in [9.17, 15) is 9.18 Å². The number of aliphatic hydroxyl groups is 1. The van der Waals surface area contributed by atoms with Gasteiger partial charge < -0.3 is 14.6 Å². The lowest BCUT2D eigenvalue weighted by Crippen LogP contribution is -2.33. The Hall–Kier alpha value is -2.14. The third-order valence-electron chi connectivity index (χ3n) is 3.79. The highest BCUT2D eigenvalue weighted by molar-refractivity contribution is 5.96. The molecule has 0 unspecified atom stereocenters. The van der Waals surface area contributed by atoms with Gasteiger partial charge in [-0.3, -0.25) is 4.79 Å². The average molecular weight is 304 g/mol. The molecular weight excluding hydrogens is 283 g/mol. The number of halogens is 1. The predicted molar refractivity (Wildman–Crippen MR) is 83.9 cm³/mol. The van der Waals surface area contributed by atoms with E-state index < -0.39 is 0 Å². The molecule has 2 aromatic rings. The second-order valence-electron chi connectivity index (χ2n) is 5.21. The van der Waals surface area contributed by atoms with E-state index in [1.165, 1.54) is 12.1 Å². The fourth-order valence-electron chi connectivity index (χ4n) is 2.66. The third kappa shape index (κ3) is 3.04. The van der Waals surface area contributed by atoms with Gasteiger partial charge in [-0.05, 0) is 51.1 Å². The monoisotopic (exact) mass is 304 g/mol. The summed E-state index contributed by atoms with van der Waals surface area (Å²) in [6.45, 7) is 6.46. The maximum atomic E-state index is 13.1. The van der Waals surface area contributed by atoms with Crippen LogP contribution in [-0.2, 0) is 0 Å². The quantitative estimate of drug-likeness (QED) is 0.923. The fourth-order valence-corrected chi connectivity index (χ4v) is 2.66. The molecule has 0 saturated heterocycles. The van der Waals surface area contributed by atoms with Crippen molar-refractivity contribution < 1.29 is 14.3 Å². The Morgan fingerprint density at radius 3 is 2.45 bits per heavy atom. The van der Waals surface area contributed by atoms with Crippen LogP contribution in [0.3, 0.4) is 0 Å². The summed E-state index contributed by atoms with van der Waals surface area (Å²) >= 11 is 0. The molecule has 0 bridgehead atoms. The lowest BCUT2D eigenvalue weighted by molar-refractivity contribution is 0.0731. The van der Waals surface area contributed by atoms with Crippen molar-refractivity contribution in [2.75, 3.05) is 19.7 Å². The van der Waals surface area contributed by atoms with E-state index in [0.717, 1.165) is 17.1 Å². The predicted octanol–water partition coefficient (Wildman–Crippen LogP) is 2.69. The van der Waals surface area contributed by atoms with Gasteiger partial charge in [-0.15, -0.1) is 0 Å². The summed E-state index contributed by atoms with van der Waals surface area (Å²) in [5, 5.41) is 9.06. The topological polar surface area (TPSA) is 45.5 Å². The summed E-state index contributed by atoms with van der Waals surface area (Å²) in [7, 11) is 0. The van der Waals surface area contributed by atoms with E-state index >= 15 is 0 Å². The molecule has 2 rings (SSSR count). The van der Waals surface area contributed by atoms with Gasteiger partial charge in [0.1, 0.15) is 5.82 Å². The number of hydrogen-bond donors (Lipinski definition) is 1. The van der Waals surface area contributed by atoms with Crippen molar-refractivity contribution >= 4 is 5.91 Å². The number of aliphatic hydroxyl groups excluding tert-OH is 1. The van der Waals surface area contributed by atoms with E-state index in [-0.39, 0.29) is 18.3 Å². The second kappa shape index (κ2) is 6.75. The summed E-state index contributed by atoms with van der Waals surface area (Å²) in [6.07, 6.45) is 0. The molecule has 0 aliphatic carbocycles. The van der Waals surface area contributed by atoms with Crippen LogP contribution in [0.4, 0.5) is 4.39 Å². The molecule has 4 nitrogen and oxygen atoms in total. The van der Waals surface area contributed by atoms with Crippen molar-refractivity contribution in [3.05, 3.63) is 53.1 Å². The molecule has 0 spiro atoms. The average Bonchev–Trinajstić information content (AvgIpc) is 2.80. The van der Waals surface area contributed by atoms with Gasteiger partial charge in [0.15, 0.2) is 0 Å². The number of aromatic nitrogens is 1. The largest absolute Gasteiger partial charge is 0.395 e. The van der Waals surface area contributed by atoms with Crippen LogP contribution in [0.2, 0.25) is 0 Å². The third-order valence-corrected chi connectivity index (χ3v) is 3.79. The zero-order chi connectivity index (χ0) is 16.3. The summed E-state index contributed by atoms with van der Waals surface area (Å²) in [4.78, 5) is 14.2. The molecule has 0 radical (unpaired) electrons. The highest BCUT2D eigenvalue weighted by Crippen LogP contribution is 2.22. The molecule has 22 heavy (non-hydrogen) atoms. The molecule has 118 valence electrons. The number of nitrogens with zero attached hydrogens (tertiary/aromatic N) is 2. The Balaban J connectivity index is 2.42. The molecule has 1 aromatic carbocycles. The number of carbonyl (C=O) groups is 1. The van der Waals surface area contributed by atoms with Crippen molar-refractivity contribution in [1.29, 1.82) is 0 Å². The van der Waals surface area contributed by atoms with Gasteiger partial charge in [-0.2, -0.15) is 0 Å². The van der Waals surface area contributed by atoms with Crippen molar-refractivity contribution in [3.63, 3.8) is 0 Å². The number of aryl methyl sites for hydroxylation is 1. The van der Waals surface area contributed by atoms with Crippen LogP contribution in [0, 0.1) is 19.7 Å². The van der Waals surface area contributed by atoms with Crippen molar-refractivity contribution in [2.24, 2.45) is 0 Å². The lowest BCUT2D eigenvalue weighted by atomic mass is 10.2. The first-order valence-corrected chi connectivity index (χ1v) is 7.34. The number of rotatable bonds is 5. The zero-order valence-electron chi connectivity index (χ0n) is 13.1. The first-order chi connectivity index (χ1) is 10.5. The minimum atomic E-state index is -0.289. The Bertz CT molecular complexity index is 662. The van der Waals surface area contributed by atoms with Crippen LogP contribution >= 0.6 is 0 Å². The van der Waals surface area contributed by atoms with E-state index in [1.54, 1.807) is 17.0 Å². The van der Waals surface area contributed by atoms with Crippen LogP contribution in [0.5, 0.6) is 0 Å².